The van der Waals surface area contributed by atoms with Gasteiger partial charge in [-0.2, -0.15) is 0 Å². The first-order chi connectivity index (χ1) is 21.2. The highest BCUT2D eigenvalue weighted by molar-refractivity contribution is 6.39. The number of hydrogen-bond acceptors (Lipinski definition) is 2. The van der Waals surface area contributed by atoms with Crippen molar-refractivity contribution < 1.29 is 26.3 Å². The molecular weight excluding hydrogens is 578 g/mol. The fraction of sp³-hybridized carbons (Fsp3) is 0. The summed E-state index contributed by atoms with van der Waals surface area (Å²) in [5.41, 5.74) is 0.514. The number of nitrogens with zero attached hydrogens (tertiary/aromatic N) is 4. The minimum Gasteiger partial charge on any atom is -0.226 e. The molecule has 4 nitrogen and oxygen atoms in total. The first-order valence-electron chi connectivity index (χ1n) is 12.5. The van der Waals surface area contributed by atoms with Crippen molar-refractivity contribution in [2.45, 2.75) is 0 Å². The monoisotopic (exact) mass is 588 g/mol. The van der Waals surface area contributed by atoms with E-state index in [9.17, 15) is 36.9 Å². The van der Waals surface area contributed by atoms with Crippen molar-refractivity contribution in [1.82, 2.24) is 0 Å². The van der Waals surface area contributed by atoms with Gasteiger partial charge >= 0.3 is 0 Å². The Bertz CT molecular complexity index is 2050. The minimum absolute atomic E-state index is 0.0142. The van der Waals surface area contributed by atoms with Crippen molar-refractivity contribution >= 4 is 22.3 Å². The maximum atomic E-state index is 14.3. The van der Waals surface area contributed by atoms with Crippen LogP contribution in [-0.4, -0.2) is 0 Å². The molecule has 2 aliphatic carbocycles. The second kappa shape index (κ2) is 10.2. The molecule has 0 aromatic heterocycles. The number of fused-ring (bicyclic) bond motifs is 4. The lowest BCUT2D eigenvalue weighted by molar-refractivity contribution is 0.447. The Morgan fingerprint density at radius 1 is 0.545 bits per heavy atom. The molecule has 0 spiro atoms. The van der Waals surface area contributed by atoms with Crippen LogP contribution < -0.4 is 0 Å². The van der Waals surface area contributed by atoms with E-state index in [1.54, 1.807) is 12.1 Å². The summed E-state index contributed by atoms with van der Waals surface area (Å²) in [5, 5.41) is 20.0. The zero-order chi connectivity index (χ0) is 31.4. The summed E-state index contributed by atoms with van der Waals surface area (Å²) >= 11 is 0. The quantitative estimate of drug-likeness (QED) is 0.102. The third-order valence-electron chi connectivity index (χ3n) is 7.42. The van der Waals surface area contributed by atoms with E-state index in [-0.39, 0.29) is 66.8 Å². The van der Waals surface area contributed by atoms with Crippen LogP contribution >= 0.6 is 0 Å². The highest BCUT2D eigenvalue weighted by atomic mass is 19.2. The normalized spacial score (nSPS) is 15.0. The van der Waals surface area contributed by atoms with Gasteiger partial charge in [-0.05, 0) is 79.9 Å². The molecule has 4 aromatic rings. The van der Waals surface area contributed by atoms with E-state index >= 15 is 0 Å². The van der Waals surface area contributed by atoms with Crippen LogP contribution in [-0.2, 0) is 0 Å². The Hall–Kier alpha value is -6.36. The molecule has 2 aliphatic rings. The van der Waals surface area contributed by atoms with Gasteiger partial charge in [-0.25, -0.2) is 46.6 Å². The smallest absolute Gasteiger partial charge is 0.226 e. The van der Waals surface area contributed by atoms with E-state index in [0.717, 1.165) is 24.3 Å². The molecule has 208 valence electrons. The molecule has 0 unspecified atom stereocenters. The average molecular weight is 588 g/mol. The number of halogens is 6. The third-order valence-corrected chi connectivity index (χ3v) is 7.42. The van der Waals surface area contributed by atoms with E-state index in [4.69, 9.17) is 13.1 Å². The number of hydrogen-bond donors (Lipinski definition) is 0. The first kappa shape index (κ1) is 27.8. The molecule has 0 radical (unpaired) electrons. The van der Waals surface area contributed by atoms with Crippen molar-refractivity contribution in [2.24, 2.45) is 0 Å². The Balaban J connectivity index is 1.76. The number of rotatable bonds is 2. The van der Waals surface area contributed by atoms with Gasteiger partial charge in [0, 0.05) is 11.1 Å². The van der Waals surface area contributed by atoms with Crippen molar-refractivity contribution in [3.63, 3.8) is 0 Å². The molecule has 0 bridgehead atoms. The van der Waals surface area contributed by atoms with Crippen LogP contribution in [0.4, 0.5) is 26.3 Å². The van der Waals surface area contributed by atoms with E-state index < -0.39 is 46.3 Å². The Labute approximate surface area is 245 Å². The summed E-state index contributed by atoms with van der Waals surface area (Å²) < 4.78 is 85.1. The first-order valence-corrected chi connectivity index (χ1v) is 12.5. The SMILES string of the molecule is [C-]#[N+]/C(C#N)=C1C2=C(/C(=C(\C#N)[N+]#[C-])c3c2cccc3-c2cc(F)c(F)c(F)c2)c2cccc(-c3cc(F)c(F)c(F)c3)c2\1. The van der Waals surface area contributed by atoms with Crippen molar-refractivity contribution in [3.05, 3.63) is 152 Å². The Morgan fingerprint density at radius 3 is 1.16 bits per heavy atom. The fourth-order valence-corrected chi connectivity index (χ4v) is 5.75. The molecule has 0 aliphatic heterocycles. The molecule has 0 N–H and O–H groups in total. The molecule has 44 heavy (non-hydrogen) atoms. The van der Waals surface area contributed by atoms with Crippen LogP contribution in [0.15, 0.2) is 72.1 Å². The largest absolute Gasteiger partial charge is 0.270 e. The lowest BCUT2D eigenvalue weighted by Gasteiger charge is -2.19. The molecule has 4 aromatic carbocycles. The topological polar surface area (TPSA) is 56.3 Å². The summed E-state index contributed by atoms with van der Waals surface area (Å²) in [6.45, 7) is 15.5. The molecule has 6 rings (SSSR count). The zero-order valence-corrected chi connectivity index (χ0v) is 21.8. The summed E-state index contributed by atoms with van der Waals surface area (Å²) in [7, 11) is 0. The predicted molar refractivity (Wildman–Crippen MR) is 149 cm³/mol. The van der Waals surface area contributed by atoms with Crippen molar-refractivity contribution in [1.29, 1.82) is 10.5 Å². The average Bonchev–Trinajstić information content (AvgIpc) is 3.53. The third kappa shape index (κ3) is 3.83. The molecular formula is C34H10F6N4. The zero-order valence-electron chi connectivity index (χ0n) is 21.8. The van der Waals surface area contributed by atoms with Gasteiger partial charge < -0.3 is 0 Å². The van der Waals surface area contributed by atoms with Crippen LogP contribution in [0.1, 0.15) is 22.3 Å². The Morgan fingerprint density at radius 2 is 0.864 bits per heavy atom. The number of benzene rings is 4. The van der Waals surface area contributed by atoms with E-state index in [2.05, 4.69) is 9.69 Å². The van der Waals surface area contributed by atoms with Gasteiger partial charge in [0.1, 0.15) is 0 Å². The minimum atomic E-state index is -1.69. The lowest BCUT2D eigenvalue weighted by atomic mass is 9.84. The van der Waals surface area contributed by atoms with Gasteiger partial charge in [0.25, 0.3) is 11.4 Å². The maximum Gasteiger partial charge on any atom is 0.270 e. The molecule has 0 saturated heterocycles. The van der Waals surface area contributed by atoms with Gasteiger partial charge in [-0.1, -0.05) is 36.4 Å². The number of allylic oxidation sites excluding steroid dienone is 6. The van der Waals surface area contributed by atoms with Gasteiger partial charge in [-0.3, -0.25) is 0 Å². The molecule has 0 fully saturated rings. The predicted octanol–water partition coefficient (Wildman–Crippen LogP) is 9.10. The lowest BCUT2D eigenvalue weighted by Crippen LogP contribution is -2.00. The van der Waals surface area contributed by atoms with Gasteiger partial charge in [0.15, 0.2) is 34.9 Å². The van der Waals surface area contributed by atoms with Crippen molar-refractivity contribution in [3.8, 4) is 34.4 Å². The molecule has 10 heteroatoms. The molecule has 0 saturated carbocycles. The van der Waals surface area contributed by atoms with E-state index in [1.807, 2.05) is 12.1 Å². The summed E-state index contributed by atoms with van der Waals surface area (Å²) in [4.78, 5) is 6.74. The van der Waals surface area contributed by atoms with Crippen LogP contribution in [0.5, 0.6) is 0 Å². The van der Waals surface area contributed by atoms with Crippen molar-refractivity contribution in [2.75, 3.05) is 0 Å². The molecule has 0 heterocycles. The van der Waals surface area contributed by atoms with Crippen LogP contribution in [0.2, 0.25) is 0 Å². The second-order valence-electron chi connectivity index (χ2n) is 9.61. The van der Waals surface area contributed by atoms with E-state index in [0.29, 0.717) is 0 Å². The highest BCUT2D eigenvalue weighted by Gasteiger charge is 2.42. The standard InChI is InChI=1S/C34H10F6N4/c1-43-25(13-41)31-27-17(15-9-21(35)33(39)22(36)10-15)5-3-7-19(27)30-29(31)20-8-4-6-18(28(20)32(30)26(14-42)44-2)16-11-23(37)34(40)24(38)12-16/h3-12H/b31-25-,32-26+. The maximum absolute atomic E-state index is 14.3. The van der Waals surface area contributed by atoms with Crippen LogP contribution in [0.25, 0.3) is 54.2 Å². The van der Waals surface area contributed by atoms with Crippen LogP contribution in [0.3, 0.4) is 0 Å². The summed E-state index contributed by atoms with van der Waals surface area (Å²) in [5.74, 6) is -9.26. The van der Waals surface area contributed by atoms with Gasteiger partial charge in [-0.15, -0.1) is 0 Å². The summed E-state index contributed by atoms with van der Waals surface area (Å²) in [6.07, 6.45) is 0. The highest BCUT2D eigenvalue weighted by Crippen LogP contribution is 2.62. The van der Waals surface area contributed by atoms with Crippen LogP contribution in [0, 0.1) is 70.7 Å². The fourth-order valence-electron chi connectivity index (χ4n) is 5.75. The Kier molecular flexibility index (Phi) is 6.43. The number of nitriles is 2. The molecule has 0 atom stereocenters. The van der Waals surface area contributed by atoms with Gasteiger partial charge in [0.2, 0.25) is 0 Å². The van der Waals surface area contributed by atoms with E-state index in [1.165, 1.54) is 24.3 Å². The summed E-state index contributed by atoms with van der Waals surface area (Å²) in [6, 6.07) is 15.7. The van der Waals surface area contributed by atoms with Gasteiger partial charge in [0.05, 0.1) is 25.3 Å². The molecule has 0 amide bonds. The second-order valence-corrected chi connectivity index (χ2v) is 9.61.